The summed E-state index contributed by atoms with van der Waals surface area (Å²) in [6.45, 7) is 0.747. The molecular formula is C13H15N3OS. The van der Waals surface area contributed by atoms with Crippen molar-refractivity contribution in [2.75, 3.05) is 11.9 Å². The minimum absolute atomic E-state index is 0.00572. The molecule has 0 radical (unpaired) electrons. The van der Waals surface area contributed by atoms with E-state index in [1.54, 1.807) is 28.3 Å². The van der Waals surface area contributed by atoms with Gasteiger partial charge in [-0.1, -0.05) is 6.07 Å². The zero-order valence-electron chi connectivity index (χ0n) is 10.0. The summed E-state index contributed by atoms with van der Waals surface area (Å²) in [5.74, 6) is 0.473. The van der Waals surface area contributed by atoms with Gasteiger partial charge in [-0.2, -0.15) is 0 Å². The minimum Gasteiger partial charge on any atom is -0.365 e. The maximum Gasteiger partial charge on any atom is 0.293 e. The maximum atomic E-state index is 12.1. The van der Waals surface area contributed by atoms with Crippen molar-refractivity contribution in [3.05, 3.63) is 45.1 Å². The number of nitrogens with one attached hydrogen (secondary N) is 1. The average Bonchev–Trinajstić information content (AvgIpc) is 3.09. The fourth-order valence-electron chi connectivity index (χ4n) is 1.95. The van der Waals surface area contributed by atoms with E-state index in [4.69, 9.17) is 0 Å². The zero-order valence-corrected chi connectivity index (χ0v) is 10.8. The van der Waals surface area contributed by atoms with Gasteiger partial charge in [0.2, 0.25) is 0 Å². The van der Waals surface area contributed by atoms with E-state index in [2.05, 4.69) is 21.7 Å². The van der Waals surface area contributed by atoms with Crippen LogP contribution in [0.15, 0.2) is 34.7 Å². The fraction of sp³-hybridized carbons (Fsp3) is 0.385. The van der Waals surface area contributed by atoms with E-state index < -0.39 is 0 Å². The molecule has 1 aliphatic rings. The highest BCUT2D eigenvalue weighted by Gasteiger charge is 2.25. The first-order chi connectivity index (χ1) is 8.84. The van der Waals surface area contributed by atoms with Crippen LogP contribution >= 0.6 is 11.3 Å². The van der Waals surface area contributed by atoms with Gasteiger partial charge in [0.1, 0.15) is 0 Å². The van der Waals surface area contributed by atoms with Crippen LogP contribution in [-0.2, 0) is 6.42 Å². The predicted octanol–water partition coefficient (Wildman–Crippen LogP) is 2.29. The molecule has 0 unspecified atom stereocenters. The Morgan fingerprint density at radius 2 is 2.39 bits per heavy atom. The van der Waals surface area contributed by atoms with Crippen molar-refractivity contribution in [1.82, 2.24) is 9.55 Å². The Kier molecular flexibility index (Phi) is 3.15. The van der Waals surface area contributed by atoms with E-state index in [0.29, 0.717) is 11.9 Å². The van der Waals surface area contributed by atoms with Gasteiger partial charge in [-0.15, -0.1) is 11.3 Å². The van der Waals surface area contributed by atoms with Crippen LogP contribution in [0, 0.1) is 0 Å². The van der Waals surface area contributed by atoms with Gasteiger partial charge >= 0.3 is 0 Å². The molecule has 18 heavy (non-hydrogen) atoms. The molecule has 0 aromatic carbocycles. The summed E-state index contributed by atoms with van der Waals surface area (Å²) in [5.41, 5.74) is 0.00572. The van der Waals surface area contributed by atoms with Crippen LogP contribution in [0.1, 0.15) is 23.8 Å². The van der Waals surface area contributed by atoms with E-state index in [1.165, 1.54) is 4.88 Å². The third-order valence-corrected chi connectivity index (χ3v) is 3.99. The molecule has 3 rings (SSSR count). The van der Waals surface area contributed by atoms with Crippen LogP contribution in [0.5, 0.6) is 0 Å². The van der Waals surface area contributed by atoms with E-state index in [9.17, 15) is 4.79 Å². The Bertz CT molecular complexity index is 572. The molecule has 0 spiro atoms. The number of aromatic nitrogens is 2. The fourth-order valence-corrected chi connectivity index (χ4v) is 2.65. The van der Waals surface area contributed by atoms with Crippen molar-refractivity contribution in [3.63, 3.8) is 0 Å². The highest BCUT2D eigenvalue weighted by atomic mass is 32.1. The minimum atomic E-state index is 0.00572. The summed E-state index contributed by atoms with van der Waals surface area (Å²) < 4.78 is 1.79. The van der Waals surface area contributed by atoms with Gasteiger partial charge in [0, 0.05) is 29.9 Å². The quantitative estimate of drug-likeness (QED) is 0.898. The molecule has 0 atom stereocenters. The normalized spacial score (nSPS) is 14.7. The average molecular weight is 261 g/mol. The Hall–Kier alpha value is -1.62. The summed E-state index contributed by atoms with van der Waals surface area (Å²) in [4.78, 5) is 17.5. The lowest BCUT2D eigenvalue weighted by Crippen LogP contribution is -2.24. The van der Waals surface area contributed by atoms with Gasteiger partial charge in [-0.3, -0.25) is 4.79 Å². The molecule has 0 bridgehead atoms. The Balaban J connectivity index is 1.65. The Morgan fingerprint density at radius 3 is 3.11 bits per heavy atom. The summed E-state index contributed by atoms with van der Waals surface area (Å²) in [7, 11) is 0. The van der Waals surface area contributed by atoms with Gasteiger partial charge in [0.25, 0.3) is 5.56 Å². The standard InChI is InChI=1S/C13H15N3OS/c17-13-12(14-6-5-11-2-1-9-18-11)15-7-8-16(13)10-3-4-10/h1-2,7-10H,3-6H2,(H,14,15). The molecule has 0 saturated heterocycles. The maximum absolute atomic E-state index is 12.1. The van der Waals surface area contributed by atoms with Gasteiger partial charge in [-0.25, -0.2) is 4.98 Å². The number of hydrogen-bond donors (Lipinski definition) is 1. The molecule has 1 aliphatic carbocycles. The smallest absolute Gasteiger partial charge is 0.293 e. The molecule has 5 heteroatoms. The van der Waals surface area contributed by atoms with Crippen LogP contribution in [0.4, 0.5) is 5.82 Å². The molecule has 1 fully saturated rings. The largest absolute Gasteiger partial charge is 0.365 e. The van der Waals surface area contributed by atoms with E-state index in [1.807, 2.05) is 6.07 Å². The molecule has 94 valence electrons. The molecule has 0 aliphatic heterocycles. The molecule has 4 nitrogen and oxygen atoms in total. The number of hydrogen-bond acceptors (Lipinski definition) is 4. The molecular weight excluding hydrogens is 246 g/mol. The third-order valence-electron chi connectivity index (χ3n) is 3.05. The van der Waals surface area contributed by atoms with Gasteiger partial charge < -0.3 is 9.88 Å². The third kappa shape index (κ3) is 2.46. The first kappa shape index (κ1) is 11.5. The molecule has 2 aromatic heterocycles. The van der Waals surface area contributed by atoms with Crippen molar-refractivity contribution in [3.8, 4) is 0 Å². The lowest BCUT2D eigenvalue weighted by Gasteiger charge is -2.07. The van der Waals surface area contributed by atoms with E-state index in [0.717, 1.165) is 25.8 Å². The van der Waals surface area contributed by atoms with Crippen molar-refractivity contribution >= 4 is 17.2 Å². The van der Waals surface area contributed by atoms with Crippen LogP contribution in [0.25, 0.3) is 0 Å². The topological polar surface area (TPSA) is 46.9 Å². The first-order valence-electron chi connectivity index (χ1n) is 6.18. The summed E-state index contributed by atoms with van der Waals surface area (Å²) in [5, 5.41) is 5.20. The van der Waals surface area contributed by atoms with Gasteiger partial charge in [0.15, 0.2) is 5.82 Å². The number of nitrogens with zero attached hydrogens (tertiary/aromatic N) is 2. The second kappa shape index (κ2) is 4.94. The summed E-state index contributed by atoms with van der Waals surface area (Å²) in [6.07, 6.45) is 6.63. The SMILES string of the molecule is O=c1c(NCCc2cccs2)nccn1C1CC1. The van der Waals surface area contributed by atoms with Gasteiger partial charge in [0.05, 0.1) is 0 Å². The highest BCUT2D eigenvalue weighted by molar-refractivity contribution is 7.09. The molecule has 0 amide bonds. The Morgan fingerprint density at radius 1 is 1.50 bits per heavy atom. The molecule has 1 N–H and O–H groups in total. The second-order valence-corrected chi connectivity index (χ2v) is 5.51. The number of rotatable bonds is 5. The van der Waals surface area contributed by atoms with Crippen LogP contribution < -0.4 is 10.9 Å². The molecule has 1 saturated carbocycles. The van der Waals surface area contributed by atoms with E-state index in [-0.39, 0.29) is 5.56 Å². The van der Waals surface area contributed by atoms with Crippen molar-refractivity contribution in [1.29, 1.82) is 0 Å². The lowest BCUT2D eigenvalue weighted by molar-refractivity contribution is 0.699. The summed E-state index contributed by atoms with van der Waals surface area (Å²) in [6, 6.07) is 4.55. The molecule has 2 aromatic rings. The van der Waals surface area contributed by atoms with Crippen LogP contribution in [0.3, 0.4) is 0 Å². The second-order valence-electron chi connectivity index (χ2n) is 4.48. The predicted molar refractivity (Wildman–Crippen MR) is 73.3 cm³/mol. The van der Waals surface area contributed by atoms with Crippen molar-refractivity contribution in [2.24, 2.45) is 0 Å². The van der Waals surface area contributed by atoms with Gasteiger partial charge in [-0.05, 0) is 30.7 Å². The zero-order chi connectivity index (χ0) is 12.4. The van der Waals surface area contributed by atoms with Crippen molar-refractivity contribution in [2.45, 2.75) is 25.3 Å². The number of anilines is 1. The highest BCUT2D eigenvalue weighted by Crippen LogP contribution is 2.33. The number of thiophene rings is 1. The first-order valence-corrected chi connectivity index (χ1v) is 7.06. The lowest BCUT2D eigenvalue weighted by atomic mass is 10.3. The van der Waals surface area contributed by atoms with Crippen molar-refractivity contribution < 1.29 is 0 Å². The van der Waals surface area contributed by atoms with Crippen LogP contribution in [0.2, 0.25) is 0 Å². The van der Waals surface area contributed by atoms with E-state index >= 15 is 0 Å². The summed E-state index contributed by atoms with van der Waals surface area (Å²) >= 11 is 1.74. The Labute approximate surface area is 109 Å². The monoisotopic (exact) mass is 261 g/mol. The van der Waals surface area contributed by atoms with Crippen LogP contribution in [-0.4, -0.2) is 16.1 Å². The molecule has 2 heterocycles.